The molecule has 2 heteroatoms. The predicted molar refractivity (Wildman–Crippen MR) is 37.3 cm³/mol. The highest BCUT2D eigenvalue weighted by molar-refractivity contribution is 6.27. The highest BCUT2D eigenvalue weighted by atomic mass is 35.5. The molecule has 0 fully saturated rings. The Morgan fingerprint density at radius 1 is 1.62 bits per heavy atom. The smallest absolute Gasteiger partial charge is 0.150 e. The average Bonchev–Trinajstić information content (AvgIpc) is 1.65. The summed E-state index contributed by atoms with van der Waals surface area (Å²) in [4.78, 5) is 10.4. The Bertz CT molecular complexity index is 68.9. The van der Waals surface area contributed by atoms with Crippen molar-refractivity contribution in [1.29, 1.82) is 0 Å². The van der Waals surface area contributed by atoms with E-state index in [1.165, 1.54) is 0 Å². The van der Waals surface area contributed by atoms with Gasteiger partial charge in [-0.25, -0.2) is 0 Å². The van der Waals surface area contributed by atoms with E-state index in [9.17, 15) is 4.79 Å². The van der Waals surface area contributed by atoms with Gasteiger partial charge in [0.15, 0.2) is 0 Å². The van der Waals surface area contributed by atoms with Crippen molar-refractivity contribution in [2.45, 2.75) is 21.3 Å². The van der Waals surface area contributed by atoms with Crippen LogP contribution in [0.5, 0.6) is 0 Å². The summed E-state index contributed by atoms with van der Waals surface area (Å²) in [6.45, 7) is 3.68. The van der Waals surface area contributed by atoms with E-state index < -0.39 is 0 Å². The highest BCUT2D eigenvalue weighted by Crippen LogP contribution is 1.94. The van der Waals surface area contributed by atoms with Gasteiger partial charge in [0, 0.05) is 5.92 Å². The molecule has 0 rings (SSSR count). The minimum absolute atomic E-state index is 0. The highest BCUT2D eigenvalue weighted by Gasteiger charge is 2.02. The molecule has 0 amide bonds. The van der Waals surface area contributed by atoms with E-state index in [0.717, 1.165) is 0 Å². The number of carbonyl (C=O) groups excluding carboxylic acids is 1. The molecule has 0 heterocycles. The summed E-state index contributed by atoms with van der Waals surface area (Å²) in [5.41, 5.74) is 0. The van der Waals surface area contributed by atoms with Gasteiger partial charge in [-0.3, -0.25) is 4.79 Å². The van der Waals surface area contributed by atoms with Crippen molar-refractivity contribution in [2.24, 2.45) is 5.92 Å². The van der Waals surface area contributed by atoms with Gasteiger partial charge in [-0.2, -0.15) is 0 Å². The zero-order valence-corrected chi connectivity index (χ0v) is 5.33. The van der Waals surface area contributed by atoms with E-state index in [-0.39, 0.29) is 25.0 Å². The lowest BCUT2D eigenvalue weighted by atomic mass is 10.1. The summed E-state index contributed by atoms with van der Waals surface area (Å²) in [5, 5.41) is 0. The zero-order valence-electron chi connectivity index (χ0n) is 4.57. The Kier molecular flexibility index (Phi) is 6.93. The maximum atomic E-state index is 10.4. The van der Waals surface area contributed by atoms with Crippen molar-refractivity contribution in [3.63, 3.8) is 0 Å². The third-order valence-electron chi connectivity index (χ3n) is 0.776. The molecule has 1 nitrogen and oxygen atoms in total. The first kappa shape index (κ1) is 10.9. The van der Waals surface area contributed by atoms with Gasteiger partial charge in [-0.05, 0) is 0 Å². The van der Waals surface area contributed by atoms with E-state index in [1.807, 2.05) is 13.8 Å². The molecule has 0 aromatic carbocycles. The fourth-order valence-electron chi connectivity index (χ4n) is 0.154. The molecule has 0 saturated heterocycles. The maximum absolute atomic E-state index is 10.4. The summed E-state index contributed by atoms with van der Waals surface area (Å²) in [5.74, 6) is 0.358. The monoisotopic (exact) mass is 136 g/mol. The van der Waals surface area contributed by atoms with Gasteiger partial charge < -0.3 is 0 Å². The summed E-state index contributed by atoms with van der Waals surface area (Å²) in [6.07, 6.45) is 0. The lowest BCUT2D eigenvalue weighted by molar-refractivity contribution is -0.119. The van der Waals surface area contributed by atoms with Gasteiger partial charge >= 0.3 is 0 Å². The normalized spacial score (nSPS) is 8.50. The van der Waals surface area contributed by atoms with Crippen LogP contribution in [0, 0.1) is 5.92 Å². The van der Waals surface area contributed by atoms with Crippen molar-refractivity contribution in [3.05, 3.63) is 0 Å². The van der Waals surface area contributed by atoms with Crippen LogP contribution in [-0.2, 0) is 4.79 Å². The van der Waals surface area contributed by atoms with Gasteiger partial charge in [-0.1, -0.05) is 21.3 Å². The van der Waals surface area contributed by atoms with Crippen molar-refractivity contribution in [1.82, 2.24) is 0 Å². The molecule has 50 valence electrons. The maximum Gasteiger partial charge on any atom is 0.150 e. The number of rotatable bonds is 2. The van der Waals surface area contributed by atoms with E-state index in [1.54, 1.807) is 0 Å². The van der Waals surface area contributed by atoms with Crippen LogP contribution < -0.4 is 0 Å². The minimum atomic E-state index is 0. The topological polar surface area (TPSA) is 17.1 Å². The minimum Gasteiger partial charge on any atom is -0.298 e. The second-order valence-electron chi connectivity index (χ2n) is 1.75. The van der Waals surface area contributed by atoms with Crippen molar-refractivity contribution in [2.75, 3.05) is 5.88 Å². The SMILES string of the molecule is C.CC(C)C(=O)CCl. The van der Waals surface area contributed by atoms with E-state index in [2.05, 4.69) is 0 Å². The number of ketones is 1. The van der Waals surface area contributed by atoms with Crippen LogP contribution in [0.25, 0.3) is 0 Å². The van der Waals surface area contributed by atoms with Gasteiger partial charge in [-0.15, -0.1) is 11.6 Å². The Hall–Kier alpha value is -0.0400. The first-order valence-corrected chi connectivity index (χ1v) is 2.80. The first-order chi connectivity index (χ1) is 3.18. The quantitative estimate of drug-likeness (QED) is 0.532. The van der Waals surface area contributed by atoms with E-state index in [0.29, 0.717) is 0 Å². The number of alkyl halides is 1. The van der Waals surface area contributed by atoms with Crippen LogP contribution in [0.2, 0.25) is 0 Å². The number of halogens is 1. The molecule has 0 aromatic heterocycles. The van der Waals surface area contributed by atoms with Gasteiger partial charge in [0.1, 0.15) is 5.78 Å². The largest absolute Gasteiger partial charge is 0.298 e. The lowest BCUT2D eigenvalue weighted by Gasteiger charge is -1.94. The van der Waals surface area contributed by atoms with Crippen LogP contribution in [0.3, 0.4) is 0 Å². The molecule has 0 bridgehead atoms. The molecular weight excluding hydrogens is 124 g/mol. The molecule has 0 aliphatic rings. The molecule has 0 aliphatic carbocycles. The second-order valence-corrected chi connectivity index (χ2v) is 2.02. The third kappa shape index (κ3) is 4.13. The van der Waals surface area contributed by atoms with Crippen LogP contribution >= 0.6 is 11.6 Å². The van der Waals surface area contributed by atoms with Crippen molar-refractivity contribution >= 4 is 17.4 Å². The fourth-order valence-corrected chi connectivity index (χ4v) is 0.463. The molecule has 0 atom stereocenters. The van der Waals surface area contributed by atoms with Crippen LogP contribution in [-0.4, -0.2) is 11.7 Å². The Balaban J connectivity index is 0. The van der Waals surface area contributed by atoms with Crippen LogP contribution in [0.15, 0.2) is 0 Å². The van der Waals surface area contributed by atoms with Crippen LogP contribution in [0.1, 0.15) is 21.3 Å². The number of hydrogen-bond acceptors (Lipinski definition) is 1. The van der Waals surface area contributed by atoms with Gasteiger partial charge in [0.25, 0.3) is 0 Å². The van der Waals surface area contributed by atoms with E-state index >= 15 is 0 Å². The van der Waals surface area contributed by atoms with Gasteiger partial charge in [0.05, 0.1) is 5.88 Å². The molecule has 0 unspecified atom stereocenters. The third-order valence-corrected chi connectivity index (χ3v) is 1.04. The molecule has 0 spiro atoms. The lowest BCUT2D eigenvalue weighted by Crippen LogP contribution is -2.07. The van der Waals surface area contributed by atoms with Gasteiger partial charge in [0.2, 0.25) is 0 Å². The van der Waals surface area contributed by atoms with Crippen LogP contribution in [0.4, 0.5) is 0 Å². The van der Waals surface area contributed by atoms with E-state index in [4.69, 9.17) is 11.6 Å². The summed E-state index contributed by atoms with van der Waals surface area (Å²) >= 11 is 5.20. The molecule has 0 aliphatic heterocycles. The molecular formula is C6H13ClO. The fraction of sp³-hybridized carbons (Fsp3) is 0.833. The molecule has 8 heavy (non-hydrogen) atoms. The summed E-state index contributed by atoms with van der Waals surface area (Å²) in [7, 11) is 0. The Morgan fingerprint density at radius 3 is 2.00 bits per heavy atom. The number of hydrogen-bond donors (Lipinski definition) is 0. The standard InChI is InChI=1S/C5H9ClO.CH4/c1-4(2)5(7)3-6;/h4H,3H2,1-2H3;1H4. The average molecular weight is 137 g/mol. The molecule has 0 aromatic rings. The van der Waals surface area contributed by atoms with Crippen molar-refractivity contribution in [3.8, 4) is 0 Å². The number of carbonyl (C=O) groups is 1. The van der Waals surface area contributed by atoms with Crippen molar-refractivity contribution < 1.29 is 4.79 Å². The first-order valence-electron chi connectivity index (χ1n) is 2.27. The zero-order chi connectivity index (χ0) is 5.86. The molecule has 0 N–H and O–H groups in total. The molecule has 0 saturated carbocycles. The predicted octanol–water partition coefficient (Wildman–Crippen LogP) is 2.09. The molecule has 0 radical (unpaired) electrons. The Morgan fingerprint density at radius 2 is 2.00 bits per heavy atom. The number of Topliss-reactive ketones (excluding diaryl/α,β-unsaturated/α-hetero) is 1. The second kappa shape index (κ2) is 5.10. The summed E-state index contributed by atoms with van der Waals surface area (Å²) < 4.78 is 0. The Labute approximate surface area is 56.0 Å². The summed E-state index contributed by atoms with van der Waals surface area (Å²) in [6, 6.07) is 0.